The van der Waals surface area contributed by atoms with E-state index in [1.165, 1.54) is 0 Å². The van der Waals surface area contributed by atoms with Gasteiger partial charge in [-0.3, -0.25) is 5.10 Å². The Morgan fingerprint density at radius 2 is 2.20 bits per heavy atom. The standard InChI is InChI=1S/C10H11N3OS/c1-15-6-2-3-9(14)7(4-6)8-5-10(11)13-12-8/h2-5,14H,1H3,(H3,11,12,13). The second-order valence-corrected chi connectivity index (χ2v) is 3.97. The number of rotatable bonds is 2. The van der Waals surface area contributed by atoms with Crippen LogP contribution in [0.3, 0.4) is 0 Å². The summed E-state index contributed by atoms with van der Waals surface area (Å²) in [5.74, 6) is 0.635. The first-order valence-corrected chi connectivity index (χ1v) is 5.61. The second kappa shape index (κ2) is 3.86. The van der Waals surface area contributed by atoms with Gasteiger partial charge in [-0.1, -0.05) is 0 Å². The Kier molecular flexibility index (Phi) is 2.55. The molecular weight excluding hydrogens is 210 g/mol. The summed E-state index contributed by atoms with van der Waals surface area (Å²) in [6.45, 7) is 0. The number of phenolic OH excluding ortho intramolecular Hbond substituents is 1. The largest absolute Gasteiger partial charge is 0.507 e. The third kappa shape index (κ3) is 1.92. The molecule has 0 amide bonds. The number of aromatic hydroxyl groups is 1. The van der Waals surface area contributed by atoms with Crippen molar-refractivity contribution in [2.45, 2.75) is 4.90 Å². The van der Waals surface area contributed by atoms with E-state index in [1.807, 2.05) is 18.4 Å². The van der Waals surface area contributed by atoms with Gasteiger partial charge in [-0.05, 0) is 24.5 Å². The third-order valence-corrected chi connectivity index (χ3v) is 2.82. The number of aromatic nitrogens is 2. The fraction of sp³-hybridized carbons (Fsp3) is 0.100. The molecule has 0 spiro atoms. The van der Waals surface area contributed by atoms with Crippen LogP contribution in [0.1, 0.15) is 0 Å². The molecule has 4 N–H and O–H groups in total. The first-order valence-electron chi connectivity index (χ1n) is 4.39. The highest BCUT2D eigenvalue weighted by Crippen LogP contribution is 2.31. The molecule has 0 aliphatic heterocycles. The van der Waals surface area contributed by atoms with Gasteiger partial charge in [0.25, 0.3) is 0 Å². The van der Waals surface area contributed by atoms with E-state index in [4.69, 9.17) is 5.73 Å². The maximum Gasteiger partial charge on any atom is 0.145 e. The molecule has 0 aliphatic rings. The molecule has 4 nitrogen and oxygen atoms in total. The molecule has 0 bridgehead atoms. The average Bonchev–Trinajstić information content (AvgIpc) is 2.65. The molecule has 0 unspecified atom stereocenters. The van der Waals surface area contributed by atoms with Crippen molar-refractivity contribution in [3.63, 3.8) is 0 Å². The lowest BCUT2D eigenvalue weighted by Crippen LogP contribution is -1.81. The molecule has 1 aromatic heterocycles. The minimum absolute atomic E-state index is 0.219. The molecule has 0 saturated heterocycles. The lowest BCUT2D eigenvalue weighted by atomic mass is 10.1. The Balaban J connectivity index is 2.51. The highest BCUT2D eigenvalue weighted by Gasteiger charge is 2.07. The van der Waals surface area contributed by atoms with Gasteiger partial charge in [-0.2, -0.15) is 5.10 Å². The van der Waals surface area contributed by atoms with Crippen molar-refractivity contribution in [1.29, 1.82) is 0 Å². The van der Waals surface area contributed by atoms with Gasteiger partial charge in [0, 0.05) is 16.5 Å². The molecule has 5 heteroatoms. The molecule has 1 heterocycles. The van der Waals surface area contributed by atoms with E-state index in [9.17, 15) is 5.11 Å². The number of nitrogen functional groups attached to an aromatic ring is 1. The van der Waals surface area contributed by atoms with Gasteiger partial charge in [0.15, 0.2) is 0 Å². The number of hydrogen-bond donors (Lipinski definition) is 3. The summed E-state index contributed by atoms with van der Waals surface area (Å²) in [4.78, 5) is 1.08. The second-order valence-electron chi connectivity index (χ2n) is 3.09. The number of nitrogens with two attached hydrogens (primary N) is 1. The number of benzene rings is 1. The van der Waals surface area contributed by atoms with Crippen molar-refractivity contribution in [3.05, 3.63) is 24.3 Å². The quantitative estimate of drug-likeness (QED) is 0.679. The first kappa shape index (κ1) is 9.92. The van der Waals surface area contributed by atoms with Crippen LogP contribution in [0.2, 0.25) is 0 Å². The lowest BCUT2D eigenvalue weighted by molar-refractivity contribution is 0.476. The van der Waals surface area contributed by atoms with Gasteiger partial charge in [-0.15, -0.1) is 11.8 Å². The van der Waals surface area contributed by atoms with Crippen molar-refractivity contribution in [3.8, 4) is 17.0 Å². The van der Waals surface area contributed by atoms with Crippen molar-refractivity contribution in [2.24, 2.45) is 0 Å². The van der Waals surface area contributed by atoms with Crippen LogP contribution in [0.4, 0.5) is 5.82 Å². The molecule has 78 valence electrons. The van der Waals surface area contributed by atoms with E-state index < -0.39 is 0 Å². The van der Waals surface area contributed by atoms with Gasteiger partial charge in [0.05, 0.1) is 5.69 Å². The van der Waals surface area contributed by atoms with Crippen LogP contribution >= 0.6 is 11.8 Å². The molecule has 0 radical (unpaired) electrons. The van der Waals surface area contributed by atoms with E-state index in [2.05, 4.69) is 10.2 Å². The lowest BCUT2D eigenvalue weighted by Gasteiger charge is -2.03. The van der Waals surface area contributed by atoms with Crippen LogP contribution in [-0.2, 0) is 0 Å². The number of anilines is 1. The number of aromatic amines is 1. The Bertz CT molecular complexity index is 481. The van der Waals surface area contributed by atoms with Crippen LogP contribution in [-0.4, -0.2) is 21.6 Å². The number of nitrogens with zero attached hydrogens (tertiary/aromatic N) is 1. The van der Waals surface area contributed by atoms with Crippen LogP contribution in [0.5, 0.6) is 5.75 Å². The Hall–Kier alpha value is -1.62. The summed E-state index contributed by atoms with van der Waals surface area (Å²) in [5.41, 5.74) is 6.94. The number of thioether (sulfide) groups is 1. The maximum absolute atomic E-state index is 9.70. The molecule has 1 aromatic carbocycles. The topological polar surface area (TPSA) is 74.9 Å². The van der Waals surface area contributed by atoms with Crippen LogP contribution in [0, 0.1) is 0 Å². The van der Waals surface area contributed by atoms with E-state index >= 15 is 0 Å². The molecule has 0 saturated carbocycles. The normalized spacial score (nSPS) is 10.5. The van der Waals surface area contributed by atoms with E-state index in [-0.39, 0.29) is 5.75 Å². The molecule has 2 rings (SSSR count). The van der Waals surface area contributed by atoms with Crippen LogP contribution < -0.4 is 5.73 Å². The van der Waals surface area contributed by atoms with Crippen molar-refractivity contribution >= 4 is 17.6 Å². The summed E-state index contributed by atoms with van der Waals surface area (Å²) in [7, 11) is 0. The number of hydrogen-bond acceptors (Lipinski definition) is 4. The van der Waals surface area contributed by atoms with Gasteiger partial charge >= 0.3 is 0 Å². The predicted molar refractivity (Wildman–Crippen MR) is 61.9 cm³/mol. The molecule has 0 atom stereocenters. The zero-order valence-corrected chi connectivity index (χ0v) is 9.01. The molecular formula is C10H11N3OS. The maximum atomic E-state index is 9.70. The van der Waals surface area contributed by atoms with Crippen LogP contribution in [0.25, 0.3) is 11.3 Å². The predicted octanol–water partition coefficient (Wildman–Crippen LogP) is 2.09. The summed E-state index contributed by atoms with van der Waals surface area (Å²) in [6, 6.07) is 7.12. The number of H-pyrrole nitrogens is 1. The zero-order chi connectivity index (χ0) is 10.8. The molecule has 0 fully saturated rings. The average molecular weight is 221 g/mol. The number of nitrogens with one attached hydrogen (secondary N) is 1. The van der Waals surface area contributed by atoms with Crippen molar-refractivity contribution < 1.29 is 5.11 Å². The summed E-state index contributed by atoms with van der Waals surface area (Å²) < 4.78 is 0. The Morgan fingerprint density at radius 3 is 2.80 bits per heavy atom. The first-order chi connectivity index (χ1) is 7.20. The van der Waals surface area contributed by atoms with Crippen LogP contribution in [0.15, 0.2) is 29.2 Å². The Morgan fingerprint density at radius 1 is 1.40 bits per heavy atom. The van der Waals surface area contributed by atoms with E-state index in [0.29, 0.717) is 11.4 Å². The SMILES string of the molecule is CSc1ccc(O)c(-c2cc(N)n[nH]2)c1. The minimum atomic E-state index is 0.219. The van der Waals surface area contributed by atoms with Gasteiger partial charge in [-0.25, -0.2) is 0 Å². The highest BCUT2D eigenvalue weighted by molar-refractivity contribution is 7.98. The Labute approximate surface area is 91.5 Å². The monoisotopic (exact) mass is 221 g/mol. The van der Waals surface area contributed by atoms with Gasteiger partial charge in [0.1, 0.15) is 11.6 Å². The third-order valence-electron chi connectivity index (χ3n) is 2.09. The van der Waals surface area contributed by atoms with Gasteiger partial charge in [0.2, 0.25) is 0 Å². The van der Waals surface area contributed by atoms with Crippen molar-refractivity contribution in [1.82, 2.24) is 10.2 Å². The highest BCUT2D eigenvalue weighted by atomic mass is 32.2. The molecule has 0 aliphatic carbocycles. The molecule has 2 aromatic rings. The van der Waals surface area contributed by atoms with E-state index in [1.54, 1.807) is 23.9 Å². The van der Waals surface area contributed by atoms with E-state index in [0.717, 1.165) is 10.6 Å². The molecule has 15 heavy (non-hydrogen) atoms. The fourth-order valence-corrected chi connectivity index (χ4v) is 1.77. The fourth-order valence-electron chi connectivity index (χ4n) is 1.33. The summed E-state index contributed by atoms with van der Waals surface area (Å²) in [6.07, 6.45) is 1.98. The smallest absolute Gasteiger partial charge is 0.145 e. The van der Waals surface area contributed by atoms with Gasteiger partial charge < -0.3 is 10.8 Å². The summed E-state index contributed by atoms with van der Waals surface area (Å²) >= 11 is 1.62. The summed E-state index contributed by atoms with van der Waals surface area (Å²) in [5, 5.41) is 16.3. The van der Waals surface area contributed by atoms with Crippen molar-refractivity contribution in [2.75, 3.05) is 12.0 Å². The number of phenols is 1. The minimum Gasteiger partial charge on any atom is -0.507 e. The zero-order valence-electron chi connectivity index (χ0n) is 8.19.